The van der Waals surface area contributed by atoms with Crippen LogP contribution < -0.4 is 5.43 Å². The second kappa shape index (κ2) is 8.37. The molecule has 8 heteroatoms. The Bertz CT molecular complexity index is 1320. The minimum absolute atomic E-state index is 0.164. The maximum atomic E-state index is 12.5. The molecule has 33 heavy (non-hydrogen) atoms. The van der Waals surface area contributed by atoms with Gasteiger partial charge in [0.15, 0.2) is 0 Å². The number of carbonyl (C=O) groups is 1. The van der Waals surface area contributed by atoms with Crippen molar-refractivity contribution < 1.29 is 9.90 Å². The van der Waals surface area contributed by atoms with Gasteiger partial charge in [-0.1, -0.05) is 90.5 Å². The molecule has 2 aliphatic heterocycles. The second-order valence-electron chi connectivity index (χ2n) is 7.43. The molecule has 1 unspecified atom stereocenters. The average molecular weight is 456 g/mol. The van der Waals surface area contributed by atoms with Gasteiger partial charge in [-0.2, -0.15) is 10.1 Å². The molecule has 7 nitrogen and oxygen atoms in total. The predicted molar refractivity (Wildman–Crippen MR) is 129 cm³/mol. The van der Waals surface area contributed by atoms with Crippen molar-refractivity contribution in [1.82, 2.24) is 10.4 Å². The zero-order chi connectivity index (χ0) is 22.8. The maximum Gasteiger partial charge on any atom is 0.358 e. The summed E-state index contributed by atoms with van der Waals surface area (Å²) in [6.07, 6.45) is 3.19. The SMILES string of the molecule is O=C(O)C1(/C=C/c2ccc(Cl)cc2)NN=C2N=C(c3ccccc3)C(c3ccccc3)=NN21. The number of aliphatic carboxylic acids is 1. The normalized spacial score (nSPS) is 19.4. The number of hydrogen-bond acceptors (Lipinski definition) is 6. The Morgan fingerprint density at radius 1 is 0.909 bits per heavy atom. The van der Waals surface area contributed by atoms with Crippen LogP contribution in [-0.2, 0) is 4.79 Å². The summed E-state index contributed by atoms with van der Waals surface area (Å²) in [6, 6.07) is 26.2. The molecule has 0 saturated heterocycles. The molecule has 2 aliphatic rings. The number of nitrogens with one attached hydrogen (secondary N) is 1. The molecule has 2 N–H and O–H groups in total. The third-order valence-corrected chi connectivity index (χ3v) is 5.55. The van der Waals surface area contributed by atoms with Crippen molar-refractivity contribution >= 4 is 41.0 Å². The molecule has 3 aromatic rings. The van der Waals surface area contributed by atoms with E-state index < -0.39 is 11.6 Å². The van der Waals surface area contributed by atoms with Gasteiger partial charge in [-0.05, 0) is 23.8 Å². The Morgan fingerprint density at radius 3 is 2.12 bits per heavy atom. The topological polar surface area (TPSA) is 89.6 Å². The predicted octanol–water partition coefficient (Wildman–Crippen LogP) is 4.22. The molecule has 3 aromatic carbocycles. The number of benzene rings is 3. The average Bonchev–Trinajstić information content (AvgIpc) is 3.23. The molecule has 2 heterocycles. The van der Waals surface area contributed by atoms with Gasteiger partial charge in [0.2, 0.25) is 0 Å². The van der Waals surface area contributed by atoms with E-state index in [1.807, 2.05) is 60.7 Å². The van der Waals surface area contributed by atoms with Crippen LogP contribution >= 0.6 is 11.6 Å². The Morgan fingerprint density at radius 2 is 1.52 bits per heavy atom. The van der Waals surface area contributed by atoms with E-state index in [-0.39, 0.29) is 5.96 Å². The molecule has 0 bridgehead atoms. The van der Waals surface area contributed by atoms with Crippen LogP contribution in [0.25, 0.3) is 6.08 Å². The number of aliphatic imine (C=N–C) groups is 1. The number of carboxylic acids is 1. The number of guanidine groups is 1. The highest BCUT2D eigenvalue weighted by Crippen LogP contribution is 2.28. The zero-order valence-electron chi connectivity index (χ0n) is 17.3. The Balaban J connectivity index is 1.61. The lowest BCUT2D eigenvalue weighted by Gasteiger charge is -2.31. The van der Waals surface area contributed by atoms with E-state index in [1.54, 1.807) is 30.3 Å². The van der Waals surface area contributed by atoms with Crippen molar-refractivity contribution in [2.45, 2.75) is 5.66 Å². The fraction of sp³-hybridized carbons (Fsp3) is 0.0400. The number of halogens is 1. The van der Waals surface area contributed by atoms with Gasteiger partial charge in [-0.3, -0.25) is 5.43 Å². The van der Waals surface area contributed by atoms with Crippen molar-refractivity contribution in [3.05, 3.63) is 113 Å². The van der Waals surface area contributed by atoms with Gasteiger partial charge in [0.05, 0.1) is 0 Å². The van der Waals surface area contributed by atoms with Gasteiger partial charge in [0, 0.05) is 16.1 Å². The molecular weight excluding hydrogens is 438 g/mol. The van der Waals surface area contributed by atoms with Crippen LogP contribution in [0.4, 0.5) is 0 Å². The molecule has 5 rings (SSSR count). The number of hydrogen-bond donors (Lipinski definition) is 2. The van der Waals surface area contributed by atoms with E-state index in [1.165, 1.54) is 11.1 Å². The quantitative estimate of drug-likeness (QED) is 0.602. The van der Waals surface area contributed by atoms with E-state index in [2.05, 4.69) is 10.5 Å². The minimum atomic E-state index is -1.74. The number of rotatable bonds is 5. The van der Waals surface area contributed by atoms with E-state index >= 15 is 0 Å². The monoisotopic (exact) mass is 455 g/mol. The van der Waals surface area contributed by atoms with Crippen LogP contribution in [0, 0.1) is 0 Å². The summed E-state index contributed by atoms with van der Waals surface area (Å²) in [5.41, 5.74) is 4.60. The molecule has 162 valence electrons. The highest BCUT2D eigenvalue weighted by molar-refractivity contribution is 6.55. The fourth-order valence-electron chi connectivity index (χ4n) is 3.58. The van der Waals surface area contributed by atoms with Crippen LogP contribution in [0.3, 0.4) is 0 Å². The first-order valence-electron chi connectivity index (χ1n) is 10.2. The van der Waals surface area contributed by atoms with Gasteiger partial charge < -0.3 is 5.11 Å². The summed E-state index contributed by atoms with van der Waals surface area (Å²) < 4.78 is 0. The number of fused-ring (bicyclic) bond motifs is 1. The smallest absolute Gasteiger partial charge is 0.358 e. The molecule has 0 saturated carbocycles. The van der Waals surface area contributed by atoms with Crippen molar-refractivity contribution in [1.29, 1.82) is 0 Å². The van der Waals surface area contributed by atoms with E-state index in [9.17, 15) is 9.90 Å². The summed E-state index contributed by atoms with van der Waals surface area (Å²) in [5, 5.41) is 21.1. The van der Waals surface area contributed by atoms with Gasteiger partial charge in [-0.25, -0.2) is 9.79 Å². The highest BCUT2D eigenvalue weighted by Gasteiger charge is 2.51. The van der Waals surface area contributed by atoms with Gasteiger partial charge in [0.25, 0.3) is 11.6 Å². The molecule has 0 aromatic heterocycles. The third-order valence-electron chi connectivity index (χ3n) is 5.29. The third kappa shape index (κ3) is 3.79. The molecule has 0 fully saturated rings. The molecule has 0 aliphatic carbocycles. The maximum absolute atomic E-state index is 12.5. The summed E-state index contributed by atoms with van der Waals surface area (Å²) >= 11 is 5.96. The lowest BCUT2D eigenvalue weighted by Crippen LogP contribution is -2.57. The minimum Gasteiger partial charge on any atom is -0.478 e. The lowest BCUT2D eigenvalue weighted by molar-refractivity contribution is -0.147. The Labute approximate surface area is 195 Å². The van der Waals surface area contributed by atoms with Crippen LogP contribution in [0.15, 0.2) is 106 Å². The van der Waals surface area contributed by atoms with Gasteiger partial charge in [0.1, 0.15) is 11.4 Å². The standard InChI is InChI=1S/C25H18ClN5O2/c26-20-13-11-17(12-14-20)15-16-25(23(32)33)30-28-24-27-21(18-7-3-1-4-8-18)22(29-31(24)25)19-9-5-2-6-10-19/h1-16,30H,(H,32,33)/b16-15+. The van der Waals surface area contributed by atoms with E-state index in [0.717, 1.165) is 16.7 Å². The van der Waals surface area contributed by atoms with E-state index in [4.69, 9.17) is 21.7 Å². The van der Waals surface area contributed by atoms with Crippen molar-refractivity contribution in [2.75, 3.05) is 0 Å². The van der Waals surface area contributed by atoms with Crippen molar-refractivity contribution in [2.24, 2.45) is 15.2 Å². The van der Waals surface area contributed by atoms with Crippen LogP contribution in [0.2, 0.25) is 5.02 Å². The van der Waals surface area contributed by atoms with E-state index in [0.29, 0.717) is 16.4 Å². The Hall–Kier alpha value is -4.23. The first-order chi connectivity index (χ1) is 16.1. The van der Waals surface area contributed by atoms with Gasteiger partial charge in [-0.15, -0.1) is 5.10 Å². The molecule has 0 radical (unpaired) electrons. The number of carboxylic acid groups (broad SMARTS) is 1. The lowest BCUT2D eigenvalue weighted by atomic mass is 9.99. The molecular formula is C25H18ClN5O2. The first-order valence-corrected chi connectivity index (χ1v) is 10.6. The van der Waals surface area contributed by atoms with Crippen LogP contribution in [0.5, 0.6) is 0 Å². The van der Waals surface area contributed by atoms with Crippen molar-refractivity contribution in [3.63, 3.8) is 0 Å². The highest BCUT2D eigenvalue weighted by atomic mass is 35.5. The zero-order valence-corrected chi connectivity index (χ0v) is 18.0. The second-order valence-corrected chi connectivity index (χ2v) is 7.87. The molecule has 0 amide bonds. The number of nitrogens with zero attached hydrogens (tertiary/aromatic N) is 4. The summed E-state index contributed by atoms with van der Waals surface area (Å²) in [6.45, 7) is 0. The van der Waals surface area contributed by atoms with Crippen LogP contribution in [0.1, 0.15) is 16.7 Å². The summed E-state index contributed by atoms with van der Waals surface area (Å²) in [4.78, 5) is 17.2. The fourth-order valence-corrected chi connectivity index (χ4v) is 3.71. The summed E-state index contributed by atoms with van der Waals surface area (Å²) in [5.74, 6) is -1.00. The number of hydrazone groups is 2. The van der Waals surface area contributed by atoms with Gasteiger partial charge >= 0.3 is 5.97 Å². The Kier molecular flexibility index (Phi) is 5.24. The molecule has 0 spiro atoms. The van der Waals surface area contributed by atoms with Crippen molar-refractivity contribution in [3.8, 4) is 0 Å². The molecule has 1 atom stereocenters. The van der Waals surface area contributed by atoms with Crippen LogP contribution in [-0.4, -0.2) is 39.1 Å². The largest absolute Gasteiger partial charge is 0.478 e. The first kappa shape index (κ1) is 20.7. The summed E-state index contributed by atoms with van der Waals surface area (Å²) in [7, 11) is 0.